The van der Waals surface area contributed by atoms with Crippen LogP contribution in [0, 0.1) is 0 Å². The standard InChI is InChI=1S/C16H26N2O2S/c1-5-17-15(16(2,3)21(4,19)20)13-10-6-8-12-9-7-11-18-14(12)13/h7,9,11,13,15,17H,5-6,8,10H2,1-4H3. The van der Waals surface area contributed by atoms with E-state index in [1.807, 2.05) is 33.0 Å². The zero-order valence-electron chi connectivity index (χ0n) is 13.4. The van der Waals surface area contributed by atoms with Gasteiger partial charge in [0.2, 0.25) is 0 Å². The minimum Gasteiger partial charge on any atom is -0.312 e. The molecule has 0 fully saturated rings. The Bertz CT molecular complexity index is 596. The lowest BCUT2D eigenvalue weighted by molar-refractivity contribution is 0.328. The van der Waals surface area contributed by atoms with Crippen LogP contribution in [0.25, 0.3) is 0 Å². The normalized spacial score (nSPS) is 20.9. The van der Waals surface area contributed by atoms with E-state index in [1.165, 1.54) is 11.8 Å². The van der Waals surface area contributed by atoms with Gasteiger partial charge in [-0.1, -0.05) is 13.0 Å². The summed E-state index contributed by atoms with van der Waals surface area (Å²) in [6, 6.07) is 3.96. The van der Waals surface area contributed by atoms with Gasteiger partial charge in [-0.25, -0.2) is 8.42 Å². The number of hydrogen-bond acceptors (Lipinski definition) is 4. The van der Waals surface area contributed by atoms with E-state index in [0.29, 0.717) is 0 Å². The molecule has 1 aliphatic rings. The van der Waals surface area contributed by atoms with Crippen molar-refractivity contribution in [3.8, 4) is 0 Å². The quantitative estimate of drug-likeness (QED) is 0.906. The number of nitrogens with one attached hydrogen (secondary N) is 1. The molecule has 0 amide bonds. The van der Waals surface area contributed by atoms with E-state index in [9.17, 15) is 8.42 Å². The van der Waals surface area contributed by atoms with Crippen LogP contribution in [0.1, 0.15) is 50.8 Å². The van der Waals surface area contributed by atoms with E-state index in [0.717, 1.165) is 31.5 Å². The molecule has 1 aromatic heterocycles. The van der Waals surface area contributed by atoms with Crippen LogP contribution < -0.4 is 5.32 Å². The topological polar surface area (TPSA) is 59.1 Å². The molecule has 1 N–H and O–H groups in total. The predicted molar refractivity (Wildman–Crippen MR) is 86.3 cm³/mol. The monoisotopic (exact) mass is 310 g/mol. The third-order valence-electron chi connectivity index (χ3n) is 4.77. The molecule has 1 aromatic rings. The summed E-state index contributed by atoms with van der Waals surface area (Å²) in [7, 11) is -3.17. The molecule has 1 aliphatic carbocycles. The highest BCUT2D eigenvalue weighted by Crippen LogP contribution is 2.38. The fourth-order valence-electron chi connectivity index (χ4n) is 3.29. The molecule has 5 heteroatoms. The van der Waals surface area contributed by atoms with Crippen molar-refractivity contribution in [2.24, 2.45) is 0 Å². The van der Waals surface area contributed by atoms with Gasteiger partial charge in [0.15, 0.2) is 9.84 Å². The molecule has 21 heavy (non-hydrogen) atoms. The fourth-order valence-corrected chi connectivity index (χ4v) is 4.00. The van der Waals surface area contributed by atoms with Gasteiger partial charge >= 0.3 is 0 Å². The first kappa shape index (κ1) is 16.4. The summed E-state index contributed by atoms with van der Waals surface area (Å²) in [5, 5.41) is 3.42. The predicted octanol–water partition coefficient (Wildman–Crippen LogP) is 2.30. The van der Waals surface area contributed by atoms with E-state index in [1.54, 1.807) is 0 Å². The Balaban J connectivity index is 2.45. The molecular formula is C16H26N2O2S. The van der Waals surface area contributed by atoms with Gasteiger partial charge in [0.1, 0.15) is 0 Å². The smallest absolute Gasteiger partial charge is 0.154 e. The summed E-state index contributed by atoms with van der Waals surface area (Å²) in [5.41, 5.74) is 2.34. The fraction of sp³-hybridized carbons (Fsp3) is 0.688. The lowest BCUT2D eigenvalue weighted by atomic mass is 9.78. The lowest BCUT2D eigenvalue weighted by Gasteiger charge is -2.40. The number of pyridine rings is 1. The Labute approximate surface area is 128 Å². The van der Waals surface area contributed by atoms with Crippen LogP contribution in [0.15, 0.2) is 18.3 Å². The van der Waals surface area contributed by atoms with Crippen molar-refractivity contribution in [3.05, 3.63) is 29.6 Å². The summed E-state index contributed by atoms with van der Waals surface area (Å²) >= 11 is 0. The third kappa shape index (κ3) is 3.14. The zero-order valence-corrected chi connectivity index (χ0v) is 14.2. The molecule has 0 saturated carbocycles. The van der Waals surface area contributed by atoms with Crippen molar-refractivity contribution in [2.45, 2.75) is 56.7 Å². The van der Waals surface area contributed by atoms with Crippen LogP contribution in [0.4, 0.5) is 0 Å². The van der Waals surface area contributed by atoms with Gasteiger partial charge in [0, 0.05) is 30.1 Å². The highest BCUT2D eigenvalue weighted by molar-refractivity contribution is 7.92. The Kier molecular flexibility index (Phi) is 4.73. The molecule has 4 nitrogen and oxygen atoms in total. The molecule has 0 spiro atoms. The Morgan fingerprint density at radius 1 is 1.48 bits per heavy atom. The van der Waals surface area contributed by atoms with Crippen molar-refractivity contribution in [1.29, 1.82) is 0 Å². The minimum absolute atomic E-state index is 0.119. The number of nitrogens with zero attached hydrogens (tertiary/aromatic N) is 1. The summed E-state index contributed by atoms with van der Waals surface area (Å²) in [6.07, 6.45) is 6.26. The van der Waals surface area contributed by atoms with Gasteiger partial charge in [0.05, 0.1) is 4.75 Å². The van der Waals surface area contributed by atoms with Gasteiger partial charge in [-0.15, -0.1) is 0 Å². The van der Waals surface area contributed by atoms with Gasteiger partial charge in [-0.3, -0.25) is 4.98 Å². The number of aryl methyl sites for hydroxylation is 1. The van der Waals surface area contributed by atoms with Crippen molar-refractivity contribution in [3.63, 3.8) is 0 Å². The van der Waals surface area contributed by atoms with E-state index >= 15 is 0 Å². The first-order valence-corrected chi connectivity index (χ1v) is 9.55. The zero-order chi connectivity index (χ0) is 15.7. The number of likely N-dealkylation sites (N-methyl/N-ethyl adjacent to an activating group) is 1. The van der Waals surface area contributed by atoms with Crippen LogP contribution >= 0.6 is 0 Å². The maximum Gasteiger partial charge on any atom is 0.154 e. The van der Waals surface area contributed by atoms with Crippen LogP contribution in [-0.4, -0.2) is 37.0 Å². The minimum atomic E-state index is -3.17. The van der Waals surface area contributed by atoms with Gasteiger partial charge in [-0.05, 0) is 51.3 Å². The molecule has 1 heterocycles. The maximum absolute atomic E-state index is 12.3. The van der Waals surface area contributed by atoms with Crippen molar-refractivity contribution in [2.75, 3.05) is 12.8 Å². The van der Waals surface area contributed by atoms with Gasteiger partial charge in [-0.2, -0.15) is 0 Å². The third-order valence-corrected chi connectivity index (χ3v) is 6.93. The van der Waals surface area contributed by atoms with E-state index in [2.05, 4.69) is 16.4 Å². The van der Waals surface area contributed by atoms with E-state index < -0.39 is 14.6 Å². The first-order valence-electron chi connectivity index (χ1n) is 7.65. The maximum atomic E-state index is 12.3. The Morgan fingerprint density at radius 2 is 2.19 bits per heavy atom. The van der Waals surface area contributed by atoms with Crippen molar-refractivity contribution >= 4 is 9.84 Å². The molecule has 0 aliphatic heterocycles. The van der Waals surface area contributed by atoms with Crippen molar-refractivity contribution in [1.82, 2.24) is 10.3 Å². The van der Waals surface area contributed by atoms with Gasteiger partial charge < -0.3 is 5.32 Å². The van der Waals surface area contributed by atoms with E-state index in [-0.39, 0.29) is 12.0 Å². The molecular weight excluding hydrogens is 284 g/mol. The summed E-state index contributed by atoms with van der Waals surface area (Å²) in [4.78, 5) is 4.56. The molecule has 0 saturated heterocycles. The molecule has 2 rings (SSSR count). The van der Waals surface area contributed by atoms with Crippen LogP contribution in [0.3, 0.4) is 0 Å². The van der Waals surface area contributed by atoms with Crippen LogP contribution in [0.5, 0.6) is 0 Å². The number of sulfone groups is 1. The highest BCUT2D eigenvalue weighted by atomic mass is 32.2. The summed E-state index contributed by atoms with van der Waals surface area (Å²) < 4.78 is 23.7. The molecule has 118 valence electrons. The summed E-state index contributed by atoms with van der Waals surface area (Å²) in [6.45, 7) is 6.43. The number of hydrogen-bond donors (Lipinski definition) is 1. The average molecular weight is 310 g/mol. The van der Waals surface area contributed by atoms with Gasteiger partial charge in [0.25, 0.3) is 0 Å². The number of fused-ring (bicyclic) bond motifs is 1. The Hall–Kier alpha value is -0.940. The number of rotatable bonds is 5. The largest absolute Gasteiger partial charge is 0.312 e. The Morgan fingerprint density at radius 3 is 2.81 bits per heavy atom. The lowest BCUT2D eigenvalue weighted by Crippen LogP contribution is -2.55. The second kappa shape index (κ2) is 6.05. The molecule has 0 aromatic carbocycles. The molecule has 2 unspecified atom stereocenters. The SMILES string of the molecule is CCNC(C1CCCc2cccnc21)C(C)(C)S(C)(=O)=O. The van der Waals surface area contributed by atoms with Crippen LogP contribution in [-0.2, 0) is 16.3 Å². The molecule has 2 atom stereocenters. The second-order valence-electron chi connectivity index (χ2n) is 6.46. The summed E-state index contributed by atoms with van der Waals surface area (Å²) in [5.74, 6) is 0.152. The van der Waals surface area contributed by atoms with Crippen molar-refractivity contribution < 1.29 is 8.42 Å². The first-order chi connectivity index (χ1) is 9.79. The number of aromatic nitrogens is 1. The van der Waals surface area contributed by atoms with E-state index in [4.69, 9.17) is 0 Å². The molecule has 0 bridgehead atoms. The van der Waals surface area contributed by atoms with Crippen LogP contribution in [0.2, 0.25) is 0 Å². The second-order valence-corrected chi connectivity index (χ2v) is 9.05. The average Bonchev–Trinajstić information content (AvgIpc) is 2.43. The highest BCUT2D eigenvalue weighted by Gasteiger charge is 2.44. The molecule has 0 radical (unpaired) electrons.